The summed E-state index contributed by atoms with van der Waals surface area (Å²) in [5, 5.41) is 15.1. The number of carbonyl (C=O) groups is 2. The highest BCUT2D eigenvalue weighted by Gasteiger charge is 2.08. The molecule has 0 radical (unpaired) electrons. The van der Waals surface area contributed by atoms with Gasteiger partial charge in [-0.2, -0.15) is 0 Å². The Morgan fingerprint density at radius 3 is 2.90 bits per heavy atom. The molecule has 0 fully saturated rings. The van der Waals surface area contributed by atoms with Crippen molar-refractivity contribution in [3.63, 3.8) is 0 Å². The smallest absolute Gasteiger partial charge is 0.354 e. The number of hydrogen-bond acceptors (Lipinski definition) is 6. The van der Waals surface area contributed by atoms with Crippen molar-refractivity contribution in [1.29, 1.82) is 0 Å². The molecule has 0 aromatic carbocycles. The maximum Gasteiger partial charge on any atom is 0.354 e. The Kier molecular flexibility index (Phi) is 4.94. The molecule has 0 aliphatic rings. The third-order valence-corrected chi connectivity index (χ3v) is 3.44. The van der Waals surface area contributed by atoms with Gasteiger partial charge in [0.15, 0.2) is 5.82 Å². The Bertz CT molecular complexity index is 656. The van der Waals surface area contributed by atoms with Gasteiger partial charge in [0, 0.05) is 29.3 Å². The first kappa shape index (κ1) is 15.0. The number of amides is 1. The molecule has 2 rings (SSSR count). The fourth-order valence-corrected chi connectivity index (χ4v) is 2.39. The molecule has 0 aliphatic carbocycles. The van der Waals surface area contributed by atoms with E-state index in [0.717, 1.165) is 4.90 Å². The second kappa shape index (κ2) is 6.89. The Morgan fingerprint density at radius 2 is 2.24 bits per heavy atom. The first-order valence-electron chi connectivity index (χ1n) is 6.10. The van der Waals surface area contributed by atoms with Gasteiger partial charge < -0.3 is 14.9 Å². The van der Waals surface area contributed by atoms with E-state index in [1.807, 2.05) is 0 Å². The molecule has 0 unspecified atom stereocenters. The van der Waals surface area contributed by atoms with E-state index in [1.54, 1.807) is 19.1 Å². The van der Waals surface area contributed by atoms with Crippen LogP contribution < -0.4 is 5.32 Å². The molecule has 2 aromatic rings. The molecule has 2 aromatic heterocycles. The number of pyridine rings is 1. The number of nitrogens with one attached hydrogen (secondary N) is 1. The van der Waals surface area contributed by atoms with Gasteiger partial charge in [-0.3, -0.25) is 4.79 Å². The molecular weight excluding hydrogens is 294 g/mol. The molecule has 0 spiro atoms. The van der Waals surface area contributed by atoms with Crippen molar-refractivity contribution < 1.29 is 19.2 Å². The molecule has 7 nitrogen and oxygen atoms in total. The van der Waals surface area contributed by atoms with Crippen LogP contribution in [-0.2, 0) is 4.79 Å². The second-order valence-electron chi connectivity index (χ2n) is 4.15. The summed E-state index contributed by atoms with van der Waals surface area (Å²) >= 11 is 1.39. The molecule has 21 heavy (non-hydrogen) atoms. The maximum atomic E-state index is 11.7. The van der Waals surface area contributed by atoms with Gasteiger partial charge in [0.25, 0.3) is 0 Å². The average Bonchev–Trinajstić information content (AvgIpc) is 2.84. The number of anilines is 1. The highest BCUT2D eigenvalue weighted by Crippen LogP contribution is 2.19. The number of rotatable bonds is 6. The van der Waals surface area contributed by atoms with Gasteiger partial charge in [-0.15, -0.1) is 11.8 Å². The quantitative estimate of drug-likeness (QED) is 0.788. The molecular formula is C13H13N3O4S. The topological polar surface area (TPSA) is 105 Å². The number of nitrogens with zero attached hydrogens (tertiary/aromatic N) is 2. The van der Waals surface area contributed by atoms with E-state index < -0.39 is 5.97 Å². The van der Waals surface area contributed by atoms with Gasteiger partial charge in [-0.25, -0.2) is 9.78 Å². The van der Waals surface area contributed by atoms with Crippen LogP contribution >= 0.6 is 11.8 Å². The lowest BCUT2D eigenvalue weighted by molar-refractivity contribution is -0.115. The van der Waals surface area contributed by atoms with E-state index in [1.165, 1.54) is 24.0 Å². The Balaban J connectivity index is 1.80. The number of aryl methyl sites for hydroxylation is 1. The zero-order valence-electron chi connectivity index (χ0n) is 11.2. The van der Waals surface area contributed by atoms with Crippen molar-refractivity contribution in [2.75, 3.05) is 11.1 Å². The fraction of sp³-hybridized carbons (Fsp3) is 0.231. The van der Waals surface area contributed by atoms with Crippen LogP contribution in [0, 0.1) is 6.92 Å². The maximum absolute atomic E-state index is 11.7. The van der Waals surface area contributed by atoms with Crippen LogP contribution in [-0.4, -0.2) is 32.9 Å². The highest BCUT2D eigenvalue weighted by molar-refractivity contribution is 7.99. The number of carbonyl (C=O) groups excluding carboxylic acids is 1. The largest absolute Gasteiger partial charge is 0.477 e. The summed E-state index contributed by atoms with van der Waals surface area (Å²) in [5.74, 6) is 0.281. The van der Waals surface area contributed by atoms with Crippen molar-refractivity contribution in [3.05, 3.63) is 35.9 Å². The highest BCUT2D eigenvalue weighted by atomic mass is 32.2. The molecule has 2 N–H and O–H groups in total. The van der Waals surface area contributed by atoms with Gasteiger partial charge in [0.2, 0.25) is 5.91 Å². The SMILES string of the molecule is Cc1cc(NC(=O)CCSc2ccnc(C(=O)O)c2)no1. The van der Waals surface area contributed by atoms with Crippen LogP contribution in [0.25, 0.3) is 0 Å². The molecule has 110 valence electrons. The van der Waals surface area contributed by atoms with Crippen molar-refractivity contribution in [3.8, 4) is 0 Å². The number of carboxylic acids is 1. The van der Waals surface area contributed by atoms with E-state index >= 15 is 0 Å². The summed E-state index contributed by atoms with van der Waals surface area (Å²) in [6, 6.07) is 4.81. The van der Waals surface area contributed by atoms with E-state index in [-0.39, 0.29) is 18.0 Å². The van der Waals surface area contributed by atoms with Crippen LogP contribution in [0.15, 0.2) is 33.8 Å². The molecule has 0 atom stereocenters. The number of carboxylic acid groups (broad SMARTS) is 1. The van der Waals surface area contributed by atoms with E-state index in [2.05, 4.69) is 15.5 Å². The second-order valence-corrected chi connectivity index (χ2v) is 5.32. The lowest BCUT2D eigenvalue weighted by Crippen LogP contribution is -2.12. The summed E-state index contributed by atoms with van der Waals surface area (Å²) in [6.45, 7) is 1.74. The number of hydrogen-bond donors (Lipinski definition) is 2. The molecule has 2 heterocycles. The van der Waals surface area contributed by atoms with Crippen LogP contribution in [0.1, 0.15) is 22.7 Å². The number of thioether (sulfide) groups is 1. The van der Waals surface area contributed by atoms with Gasteiger partial charge in [0.1, 0.15) is 11.5 Å². The standard InChI is InChI=1S/C13H13N3O4S/c1-8-6-11(16-20-8)15-12(17)3-5-21-9-2-4-14-10(7-9)13(18)19/h2,4,6-7H,3,5H2,1H3,(H,18,19)(H,15,16,17). The van der Waals surface area contributed by atoms with Crippen molar-refractivity contribution >= 4 is 29.5 Å². The Hall–Kier alpha value is -2.35. The van der Waals surface area contributed by atoms with E-state index in [4.69, 9.17) is 9.63 Å². The van der Waals surface area contributed by atoms with Crippen molar-refractivity contribution in [2.24, 2.45) is 0 Å². The minimum Gasteiger partial charge on any atom is -0.477 e. The van der Waals surface area contributed by atoms with Gasteiger partial charge in [-0.05, 0) is 19.1 Å². The van der Waals surface area contributed by atoms with Crippen LogP contribution in [0.2, 0.25) is 0 Å². The molecule has 0 saturated carbocycles. The van der Waals surface area contributed by atoms with Gasteiger partial charge >= 0.3 is 5.97 Å². The monoisotopic (exact) mass is 307 g/mol. The molecule has 1 amide bonds. The lowest BCUT2D eigenvalue weighted by Gasteiger charge is -2.03. The predicted octanol–water partition coefficient (Wildman–Crippen LogP) is 2.20. The summed E-state index contributed by atoms with van der Waals surface area (Å²) in [4.78, 5) is 26.9. The normalized spacial score (nSPS) is 10.3. The fourth-order valence-electron chi connectivity index (χ4n) is 1.51. The van der Waals surface area contributed by atoms with Gasteiger partial charge in [0.05, 0.1) is 0 Å². The third-order valence-electron chi connectivity index (χ3n) is 2.44. The minimum atomic E-state index is -1.07. The third kappa shape index (κ3) is 4.60. The lowest BCUT2D eigenvalue weighted by atomic mass is 10.3. The number of aromatic carboxylic acids is 1. The van der Waals surface area contributed by atoms with Crippen LogP contribution in [0.4, 0.5) is 5.82 Å². The minimum absolute atomic E-state index is 0.0116. The van der Waals surface area contributed by atoms with Gasteiger partial charge in [-0.1, -0.05) is 5.16 Å². The predicted molar refractivity (Wildman–Crippen MR) is 76.4 cm³/mol. The first-order valence-corrected chi connectivity index (χ1v) is 7.08. The summed E-state index contributed by atoms with van der Waals surface area (Å²) in [5.41, 5.74) is -0.0116. The Labute approximate surface area is 124 Å². The average molecular weight is 307 g/mol. The molecule has 8 heteroatoms. The summed E-state index contributed by atoms with van der Waals surface area (Å²) in [6.07, 6.45) is 1.71. The van der Waals surface area contributed by atoms with E-state index in [9.17, 15) is 9.59 Å². The molecule has 0 aliphatic heterocycles. The van der Waals surface area contributed by atoms with Crippen molar-refractivity contribution in [1.82, 2.24) is 10.1 Å². The molecule has 0 bridgehead atoms. The summed E-state index contributed by atoms with van der Waals surface area (Å²) in [7, 11) is 0. The van der Waals surface area contributed by atoms with E-state index in [0.29, 0.717) is 17.3 Å². The first-order chi connectivity index (χ1) is 10.0. The van der Waals surface area contributed by atoms with Crippen LogP contribution in [0.5, 0.6) is 0 Å². The zero-order chi connectivity index (χ0) is 15.2. The van der Waals surface area contributed by atoms with Crippen molar-refractivity contribution in [2.45, 2.75) is 18.2 Å². The zero-order valence-corrected chi connectivity index (χ0v) is 12.0. The molecule has 0 saturated heterocycles. The Morgan fingerprint density at radius 1 is 1.43 bits per heavy atom. The van der Waals surface area contributed by atoms with Crippen LogP contribution in [0.3, 0.4) is 0 Å². The number of aromatic nitrogens is 2. The summed E-state index contributed by atoms with van der Waals surface area (Å²) < 4.78 is 4.84.